The van der Waals surface area contributed by atoms with Gasteiger partial charge in [0.2, 0.25) is 5.91 Å². The fourth-order valence-electron chi connectivity index (χ4n) is 0.864. The Morgan fingerprint density at radius 2 is 1.65 bits per heavy atom. The summed E-state index contributed by atoms with van der Waals surface area (Å²) in [5.74, 6) is -0.996. The molecular weight excluding hydrogens is 254 g/mol. The van der Waals surface area contributed by atoms with Crippen LogP contribution in [-0.2, 0) is 4.79 Å². The van der Waals surface area contributed by atoms with Crippen LogP contribution >= 0.6 is 0 Å². The molecule has 102 valence electrons. The second-order valence-corrected chi connectivity index (χ2v) is 3.37. The van der Waals surface area contributed by atoms with E-state index in [9.17, 15) is 31.1 Å². The van der Waals surface area contributed by atoms with Crippen molar-refractivity contribution < 1.29 is 31.1 Å². The van der Waals surface area contributed by atoms with Gasteiger partial charge in [-0.05, 0) is 6.92 Å². The minimum Gasteiger partial charge on any atom is -0.346 e. The van der Waals surface area contributed by atoms with E-state index < -0.39 is 43.8 Å². The van der Waals surface area contributed by atoms with E-state index in [2.05, 4.69) is 5.32 Å². The summed E-state index contributed by atoms with van der Waals surface area (Å²) in [5, 5.41) is 3.74. The van der Waals surface area contributed by atoms with Crippen molar-refractivity contribution in [1.82, 2.24) is 10.6 Å². The summed E-state index contributed by atoms with van der Waals surface area (Å²) in [5.41, 5.74) is 0. The van der Waals surface area contributed by atoms with Crippen molar-refractivity contribution in [2.45, 2.75) is 31.7 Å². The molecule has 0 aromatic heterocycles. The van der Waals surface area contributed by atoms with Crippen LogP contribution in [-0.4, -0.2) is 37.4 Å². The maximum absolute atomic E-state index is 11.7. The zero-order valence-corrected chi connectivity index (χ0v) is 8.87. The average Bonchev–Trinajstić information content (AvgIpc) is 2.10. The minimum atomic E-state index is -4.54. The number of carbonyl (C=O) groups excluding carboxylic acids is 1. The van der Waals surface area contributed by atoms with E-state index in [-0.39, 0.29) is 0 Å². The van der Waals surface area contributed by atoms with Gasteiger partial charge in [-0.1, -0.05) is 0 Å². The highest BCUT2D eigenvalue weighted by Gasteiger charge is 2.29. The van der Waals surface area contributed by atoms with Crippen molar-refractivity contribution in [2.75, 3.05) is 13.1 Å². The lowest BCUT2D eigenvalue weighted by Crippen LogP contribution is -2.45. The Morgan fingerprint density at radius 1 is 1.12 bits per heavy atom. The Kier molecular flexibility index (Phi) is 5.73. The number of amides is 1. The molecule has 0 fully saturated rings. The largest absolute Gasteiger partial charge is 0.405 e. The summed E-state index contributed by atoms with van der Waals surface area (Å²) in [6.45, 7) is -0.844. The van der Waals surface area contributed by atoms with Gasteiger partial charge in [-0.2, -0.15) is 26.3 Å². The van der Waals surface area contributed by atoms with Crippen LogP contribution in [0, 0.1) is 0 Å². The highest BCUT2D eigenvalue weighted by Crippen LogP contribution is 2.18. The number of hydrogen-bond acceptors (Lipinski definition) is 2. The molecule has 0 aliphatic heterocycles. The van der Waals surface area contributed by atoms with E-state index in [1.165, 1.54) is 6.92 Å². The molecular formula is C8H12F6N2O. The molecule has 0 saturated carbocycles. The van der Waals surface area contributed by atoms with Crippen LogP contribution in [0.5, 0.6) is 0 Å². The molecule has 3 nitrogen and oxygen atoms in total. The molecule has 0 heterocycles. The van der Waals surface area contributed by atoms with Crippen molar-refractivity contribution in [3.8, 4) is 0 Å². The van der Waals surface area contributed by atoms with Crippen LogP contribution in [0.25, 0.3) is 0 Å². The van der Waals surface area contributed by atoms with E-state index in [0.717, 1.165) is 0 Å². The molecule has 0 aromatic carbocycles. The van der Waals surface area contributed by atoms with E-state index >= 15 is 0 Å². The van der Waals surface area contributed by atoms with Crippen molar-refractivity contribution in [1.29, 1.82) is 0 Å². The minimum absolute atomic E-state index is 0.524. The van der Waals surface area contributed by atoms with Crippen LogP contribution < -0.4 is 10.6 Å². The predicted molar refractivity (Wildman–Crippen MR) is 47.2 cm³/mol. The predicted octanol–water partition coefficient (Wildman–Crippen LogP) is 1.60. The first-order valence-electron chi connectivity index (χ1n) is 4.66. The van der Waals surface area contributed by atoms with Gasteiger partial charge in [-0.3, -0.25) is 4.79 Å². The molecule has 1 amide bonds. The Morgan fingerprint density at radius 3 is 2.06 bits per heavy atom. The average molecular weight is 266 g/mol. The number of nitrogens with one attached hydrogen (secondary N) is 2. The number of rotatable bonds is 5. The van der Waals surface area contributed by atoms with Gasteiger partial charge >= 0.3 is 12.4 Å². The van der Waals surface area contributed by atoms with Gasteiger partial charge in [0.15, 0.2) is 0 Å². The normalized spacial score (nSPS) is 14.5. The molecule has 1 atom stereocenters. The molecule has 0 aromatic rings. The van der Waals surface area contributed by atoms with Crippen molar-refractivity contribution in [2.24, 2.45) is 0 Å². The smallest absolute Gasteiger partial charge is 0.346 e. The standard InChI is InChI=1S/C8H12F6N2O/c1-5(15-3-2-7(9,10)11)6(17)16-4-8(12,13)14/h5,15H,2-4H2,1H3,(H,16,17). The molecule has 17 heavy (non-hydrogen) atoms. The lowest BCUT2D eigenvalue weighted by Gasteiger charge is -2.15. The molecule has 9 heteroatoms. The van der Waals surface area contributed by atoms with Crippen LogP contribution in [0.1, 0.15) is 13.3 Å². The second kappa shape index (κ2) is 6.08. The number of halogens is 6. The third-order valence-electron chi connectivity index (χ3n) is 1.72. The number of alkyl halides is 6. The lowest BCUT2D eigenvalue weighted by atomic mass is 10.3. The van der Waals surface area contributed by atoms with Gasteiger partial charge in [0.05, 0.1) is 12.5 Å². The van der Waals surface area contributed by atoms with Gasteiger partial charge in [-0.25, -0.2) is 0 Å². The summed E-state index contributed by atoms with van der Waals surface area (Å²) in [4.78, 5) is 11.0. The summed E-state index contributed by atoms with van der Waals surface area (Å²) >= 11 is 0. The Hall–Kier alpha value is -0.990. The summed E-state index contributed by atoms with van der Waals surface area (Å²) < 4.78 is 70.3. The second-order valence-electron chi connectivity index (χ2n) is 3.37. The van der Waals surface area contributed by atoms with Gasteiger partial charge in [0, 0.05) is 6.54 Å². The zero-order chi connectivity index (χ0) is 13.7. The van der Waals surface area contributed by atoms with Gasteiger partial charge in [-0.15, -0.1) is 0 Å². The molecule has 0 saturated heterocycles. The first kappa shape index (κ1) is 16.0. The van der Waals surface area contributed by atoms with Crippen molar-refractivity contribution >= 4 is 5.91 Å². The SMILES string of the molecule is CC(NCCC(F)(F)F)C(=O)NCC(F)(F)F. The third kappa shape index (κ3) is 9.91. The van der Waals surface area contributed by atoms with E-state index in [4.69, 9.17) is 0 Å². The number of carbonyl (C=O) groups is 1. The van der Waals surface area contributed by atoms with Crippen molar-refractivity contribution in [3.63, 3.8) is 0 Å². The molecule has 1 unspecified atom stereocenters. The molecule has 0 aliphatic rings. The molecule has 0 spiro atoms. The van der Waals surface area contributed by atoms with E-state index in [0.29, 0.717) is 0 Å². The fraction of sp³-hybridized carbons (Fsp3) is 0.875. The van der Waals surface area contributed by atoms with Crippen LogP contribution in [0.15, 0.2) is 0 Å². The van der Waals surface area contributed by atoms with Gasteiger partial charge < -0.3 is 10.6 Å². The quantitative estimate of drug-likeness (QED) is 0.742. The molecule has 0 aliphatic carbocycles. The summed E-state index contributed by atoms with van der Waals surface area (Å²) in [6.07, 6.45) is -10.1. The van der Waals surface area contributed by atoms with E-state index in [1.54, 1.807) is 5.32 Å². The summed E-state index contributed by atoms with van der Waals surface area (Å²) in [7, 11) is 0. The zero-order valence-electron chi connectivity index (χ0n) is 8.87. The Bertz CT molecular complexity index is 249. The van der Waals surface area contributed by atoms with Gasteiger partial charge in [0.1, 0.15) is 6.54 Å². The third-order valence-corrected chi connectivity index (χ3v) is 1.72. The molecule has 2 N–H and O–H groups in total. The maximum Gasteiger partial charge on any atom is 0.405 e. The monoisotopic (exact) mass is 266 g/mol. The number of hydrogen-bond donors (Lipinski definition) is 2. The van der Waals surface area contributed by atoms with Crippen molar-refractivity contribution in [3.05, 3.63) is 0 Å². The summed E-state index contributed by atoms with van der Waals surface area (Å²) in [6, 6.07) is -1.11. The highest BCUT2D eigenvalue weighted by atomic mass is 19.4. The first-order chi connectivity index (χ1) is 7.51. The van der Waals surface area contributed by atoms with Crippen LogP contribution in [0.2, 0.25) is 0 Å². The maximum atomic E-state index is 11.7. The molecule has 0 radical (unpaired) electrons. The molecule has 0 bridgehead atoms. The van der Waals surface area contributed by atoms with Crippen LogP contribution in [0.4, 0.5) is 26.3 Å². The Balaban J connectivity index is 3.83. The first-order valence-corrected chi connectivity index (χ1v) is 4.66. The van der Waals surface area contributed by atoms with Gasteiger partial charge in [0.25, 0.3) is 0 Å². The topological polar surface area (TPSA) is 41.1 Å². The van der Waals surface area contributed by atoms with E-state index in [1.807, 2.05) is 0 Å². The fourth-order valence-corrected chi connectivity index (χ4v) is 0.864. The lowest BCUT2D eigenvalue weighted by molar-refractivity contribution is -0.140. The Labute approximate surface area is 93.5 Å². The molecule has 0 rings (SSSR count). The van der Waals surface area contributed by atoms with Crippen LogP contribution in [0.3, 0.4) is 0 Å². The highest BCUT2D eigenvalue weighted by molar-refractivity contribution is 5.81.